The molecule has 0 rings (SSSR count). The average molecular weight is 344 g/mol. The van der Waals surface area contributed by atoms with Crippen molar-refractivity contribution in [1.29, 1.82) is 0 Å². The molecule has 0 saturated heterocycles. The zero-order valence-electron chi connectivity index (χ0n) is 15.4. The van der Waals surface area contributed by atoms with Crippen molar-refractivity contribution in [2.24, 2.45) is 5.92 Å². The fraction of sp³-hybridized carbons (Fsp3) is 0.895. The van der Waals surface area contributed by atoms with Crippen LogP contribution in [0.15, 0.2) is 0 Å². The molecule has 0 aliphatic carbocycles. The maximum atomic E-state index is 11.3. The van der Waals surface area contributed by atoms with Crippen molar-refractivity contribution in [2.75, 3.05) is 0 Å². The topological polar surface area (TPSA) is 94.8 Å². The Bertz CT molecular complexity index is 356. The lowest BCUT2D eigenvalue weighted by molar-refractivity contribution is -0.175. The summed E-state index contributed by atoms with van der Waals surface area (Å²) in [4.78, 5) is 22.5. The van der Waals surface area contributed by atoms with Crippen LogP contribution in [-0.4, -0.2) is 32.9 Å². The summed E-state index contributed by atoms with van der Waals surface area (Å²) < 4.78 is 0. The van der Waals surface area contributed by atoms with Crippen molar-refractivity contribution in [3.8, 4) is 0 Å². The third-order valence-corrected chi connectivity index (χ3v) is 4.88. The summed E-state index contributed by atoms with van der Waals surface area (Å²) in [5.41, 5.74) is -2.16. The molecule has 0 aliphatic rings. The molecule has 0 aromatic rings. The number of aliphatic hydroxyl groups is 1. The Kier molecular flexibility index (Phi) is 12.6. The van der Waals surface area contributed by atoms with Crippen LogP contribution in [0.25, 0.3) is 0 Å². The number of hydrogen-bond donors (Lipinski definition) is 3. The minimum absolute atomic E-state index is 0.0999. The molecule has 5 nitrogen and oxygen atoms in total. The van der Waals surface area contributed by atoms with Gasteiger partial charge in [-0.15, -0.1) is 0 Å². The van der Waals surface area contributed by atoms with Crippen molar-refractivity contribution in [1.82, 2.24) is 0 Å². The SMILES string of the molecule is CCCCCCCCCCCCCC(C(=O)O)C(O)(CC)C(=O)O. The molecule has 2 unspecified atom stereocenters. The second-order valence-corrected chi connectivity index (χ2v) is 6.80. The summed E-state index contributed by atoms with van der Waals surface area (Å²) in [6.45, 7) is 3.72. The van der Waals surface area contributed by atoms with Gasteiger partial charge >= 0.3 is 11.9 Å². The number of hydrogen-bond acceptors (Lipinski definition) is 3. The number of carboxylic acids is 2. The standard InChI is InChI=1S/C19H36O5/c1-3-5-6-7-8-9-10-11-12-13-14-15-16(17(20)21)19(24,4-2)18(22)23/h16,24H,3-15H2,1-2H3,(H,20,21)(H,22,23). The smallest absolute Gasteiger partial charge is 0.336 e. The van der Waals surface area contributed by atoms with Crippen LogP contribution in [-0.2, 0) is 9.59 Å². The second-order valence-electron chi connectivity index (χ2n) is 6.80. The van der Waals surface area contributed by atoms with Crippen LogP contribution in [0.4, 0.5) is 0 Å². The van der Waals surface area contributed by atoms with E-state index in [1.807, 2.05) is 0 Å². The van der Waals surface area contributed by atoms with E-state index in [1.54, 1.807) is 0 Å². The van der Waals surface area contributed by atoms with Crippen molar-refractivity contribution >= 4 is 11.9 Å². The average Bonchev–Trinajstić information content (AvgIpc) is 2.54. The van der Waals surface area contributed by atoms with Crippen molar-refractivity contribution in [2.45, 2.75) is 103 Å². The third-order valence-electron chi connectivity index (χ3n) is 4.88. The molecular weight excluding hydrogens is 308 g/mol. The molecule has 3 N–H and O–H groups in total. The van der Waals surface area contributed by atoms with Gasteiger partial charge in [0.15, 0.2) is 5.60 Å². The highest BCUT2D eigenvalue weighted by Gasteiger charge is 2.46. The van der Waals surface area contributed by atoms with Gasteiger partial charge in [0.25, 0.3) is 0 Å². The van der Waals surface area contributed by atoms with Crippen LogP contribution in [0.1, 0.15) is 97.3 Å². The molecule has 0 radical (unpaired) electrons. The molecule has 0 aromatic heterocycles. The number of carbonyl (C=O) groups is 2. The summed E-state index contributed by atoms with van der Waals surface area (Å²) in [6.07, 6.45) is 12.8. The summed E-state index contributed by atoms with van der Waals surface area (Å²) in [5.74, 6) is -3.91. The number of unbranched alkanes of at least 4 members (excludes halogenated alkanes) is 10. The highest BCUT2D eigenvalue weighted by Crippen LogP contribution is 2.28. The largest absolute Gasteiger partial charge is 0.481 e. The van der Waals surface area contributed by atoms with Crippen molar-refractivity contribution in [3.63, 3.8) is 0 Å². The predicted octanol–water partition coefficient (Wildman–Crippen LogP) is 4.61. The van der Waals surface area contributed by atoms with Gasteiger partial charge in [-0.25, -0.2) is 4.79 Å². The molecule has 0 heterocycles. The Morgan fingerprint density at radius 3 is 1.54 bits per heavy atom. The number of carboxylic acid groups (broad SMARTS) is 2. The van der Waals surface area contributed by atoms with Gasteiger partial charge in [-0.2, -0.15) is 0 Å². The van der Waals surface area contributed by atoms with E-state index >= 15 is 0 Å². The Balaban J connectivity index is 3.87. The third kappa shape index (κ3) is 8.67. The van der Waals surface area contributed by atoms with Gasteiger partial charge in [-0.05, 0) is 12.8 Å². The summed E-state index contributed by atoms with van der Waals surface area (Å²) in [6, 6.07) is 0. The van der Waals surface area contributed by atoms with Gasteiger partial charge in [0.1, 0.15) is 0 Å². The summed E-state index contributed by atoms with van der Waals surface area (Å²) >= 11 is 0. The molecule has 0 spiro atoms. The molecule has 0 bridgehead atoms. The lowest BCUT2D eigenvalue weighted by Crippen LogP contribution is -2.48. The van der Waals surface area contributed by atoms with Gasteiger partial charge in [-0.1, -0.05) is 84.5 Å². The molecule has 24 heavy (non-hydrogen) atoms. The van der Waals surface area contributed by atoms with Gasteiger partial charge < -0.3 is 15.3 Å². The maximum Gasteiger partial charge on any atom is 0.336 e. The van der Waals surface area contributed by atoms with E-state index in [9.17, 15) is 19.8 Å². The maximum absolute atomic E-state index is 11.3. The van der Waals surface area contributed by atoms with E-state index in [1.165, 1.54) is 51.9 Å². The molecule has 0 fully saturated rings. The Morgan fingerprint density at radius 2 is 1.21 bits per heavy atom. The molecule has 2 atom stereocenters. The highest BCUT2D eigenvalue weighted by molar-refractivity contribution is 5.85. The lowest BCUT2D eigenvalue weighted by atomic mass is 9.81. The Labute approximate surface area is 146 Å². The van der Waals surface area contributed by atoms with Crippen LogP contribution in [0, 0.1) is 5.92 Å². The van der Waals surface area contributed by atoms with Crippen LogP contribution < -0.4 is 0 Å². The molecule has 0 aliphatic heterocycles. The van der Waals surface area contributed by atoms with Crippen LogP contribution in [0.5, 0.6) is 0 Å². The van der Waals surface area contributed by atoms with E-state index in [2.05, 4.69) is 6.92 Å². The molecule has 0 saturated carbocycles. The van der Waals surface area contributed by atoms with E-state index in [-0.39, 0.29) is 12.8 Å². The normalized spacial score (nSPS) is 15.0. The first-order valence-corrected chi connectivity index (χ1v) is 9.58. The van der Waals surface area contributed by atoms with Crippen molar-refractivity contribution < 1.29 is 24.9 Å². The van der Waals surface area contributed by atoms with Crippen LogP contribution >= 0.6 is 0 Å². The van der Waals surface area contributed by atoms with Crippen molar-refractivity contribution in [3.05, 3.63) is 0 Å². The van der Waals surface area contributed by atoms with E-state index < -0.39 is 23.5 Å². The van der Waals surface area contributed by atoms with Crippen LogP contribution in [0.2, 0.25) is 0 Å². The molecular formula is C19H36O5. The number of rotatable bonds is 16. The molecule has 0 amide bonds. The van der Waals surface area contributed by atoms with Gasteiger partial charge in [0.05, 0.1) is 5.92 Å². The highest BCUT2D eigenvalue weighted by atomic mass is 16.4. The second kappa shape index (κ2) is 13.2. The fourth-order valence-electron chi connectivity index (χ4n) is 3.13. The first-order chi connectivity index (χ1) is 11.4. The zero-order chi connectivity index (χ0) is 18.4. The van der Waals surface area contributed by atoms with E-state index in [0.29, 0.717) is 6.42 Å². The lowest BCUT2D eigenvalue weighted by Gasteiger charge is -2.28. The first kappa shape index (κ1) is 22.9. The molecule has 0 aromatic carbocycles. The van der Waals surface area contributed by atoms with Gasteiger partial charge in [0.2, 0.25) is 0 Å². The van der Waals surface area contributed by atoms with E-state index in [4.69, 9.17) is 5.11 Å². The fourth-order valence-corrected chi connectivity index (χ4v) is 3.13. The van der Waals surface area contributed by atoms with Crippen LogP contribution in [0.3, 0.4) is 0 Å². The van der Waals surface area contributed by atoms with Gasteiger partial charge in [-0.3, -0.25) is 4.79 Å². The summed E-state index contributed by atoms with van der Waals surface area (Å²) in [7, 11) is 0. The summed E-state index contributed by atoms with van der Waals surface area (Å²) in [5, 5.41) is 28.5. The predicted molar refractivity (Wildman–Crippen MR) is 95.1 cm³/mol. The Hall–Kier alpha value is -1.10. The molecule has 5 heteroatoms. The Morgan fingerprint density at radius 1 is 0.792 bits per heavy atom. The van der Waals surface area contributed by atoms with E-state index in [0.717, 1.165) is 19.3 Å². The quantitative estimate of drug-likeness (QED) is 0.355. The monoisotopic (exact) mass is 344 g/mol. The minimum Gasteiger partial charge on any atom is -0.481 e. The minimum atomic E-state index is -2.16. The number of aliphatic carboxylic acids is 2. The first-order valence-electron chi connectivity index (χ1n) is 9.58. The van der Waals surface area contributed by atoms with Gasteiger partial charge in [0, 0.05) is 0 Å². The molecule has 142 valence electrons. The zero-order valence-corrected chi connectivity index (χ0v) is 15.4.